The summed E-state index contributed by atoms with van der Waals surface area (Å²) in [4.78, 5) is 38.9. The van der Waals surface area contributed by atoms with Crippen LogP contribution in [0.3, 0.4) is 0 Å². The van der Waals surface area contributed by atoms with Crippen molar-refractivity contribution in [2.24, 2.45) is 30.0 Å². The monoisotopic (exact) mass is 611 g/mol. The van der Waals surface area contributed by atoms with Crippen LogP contribution >= 0.6 is 0 Å². The van der Waals surface area contributed by atoms with Gasteiger partial charge >= 0.3 is 0 Å². The highest BCUT2D eigenvalue weighted by Crippen LogP contribution is 2.45. The summed E-state index contributed by atoms with van der Waals surface area (Å²) in [5.41, 5.74) is 10.8. The predicted octanol–water partition coefficient (Wildman–Crippen LogP) is 5.19. The van der Waals surface area contributed by atoms with Gasteiger partial charge in [-0.25, -0.2) is 9.97 Å². The van der Waals surface area contributed by atoms with Gasteiger partial charge in [0, 0.05) is 49.1 Å². The Labute approximate surface area is 264 Å². The minimum Gasteiger partial charge on any atom is -0.494 e. The number of nitrogens with zero attached hydrogens (tertiary/aromatic N) is 5. The van der Waals surface area contributed by atoms with E-state index in [1.807, 2.05) is 50.9 Å². The highest BCUT2D eigenvalue weighted by atomic mass is 16.5. The fourth-order valence-corrected chi connectivity index (χ4v) is 7.48. The fourth-order valence-electron chi connectivity index (χ4n) is 7.48. The van der Waals surface area contributed by atoms with Gasteiger partial charge in [-0.15, -0.1) is 0 Å². The summed E-state index contributed by atoms with van der Waals surface area (Å²) in [6, 6.07) is 9.80. The SMILES string of the molecule is COc1cc(C(=O)N2C[C@H]3C[C@H]3[C@H](N)C2)cc2nc(-c3cc4ccc5nc4n3CCCCCCC(C)(C)C(=O)N[C@@H]5C)n(C)c12. The topological polar surface area (TPSA) is 120 Å². The molecule has 10 heteroatoms. The molecule has 0 radical (unpaired) electrons. The Morgan fingerprint density at radius 2 is 1.89 bits per heavy atom. The Morgan fingerprint density at radius 3 is 2.67 bits per heavy atom. The summed E-state index contributed by atoms with van der Waals surface area (Å²) in [7, 11) is 3.64. The van der Waals surface area contributed by atoms with Gasteiger partial charge in [0.15, 0.2) is 5.82 Å². The van der Waals surface area contributed by atoms with Gasteiger partial charge < -0.3 is 29.8 Å². The van der Waals surface area contributed by atoms with E-state index in [4.69, 9.17) is 20.4 Å². The lowest BCUT2D eigenvalue weighted by Crippen LogP contribution is -2.47. The van der Waals surface area contributed by atoms with E-state index >= 15 is 0 Å². The smallest absolute Gasteiger partial charge is 0.254 e. The van der Waals surface area contributed by atoms with Gasteiger partial charge in [-0.05, 0) is 68.4 Å². The average molecular weight is 612 g/mol. The first kappa shape index (κ1) is 29.8. The van der Waals surface area contributed by atoms with Gasteiger partial charge in [0.1, 0.15) is 16.9 Å². The number of fused-ring (bicyclic) bond motifs is 3. The second-order valence-corrected chi connectivity index (χ2v) is 14.1. The normalized spacial score (nSPS) is 25.2. The van der Waals surface area contributed by atoms with Crippen LogP contribution in [0.25, 0.3) is 33.6 Å². The number of imidazole rings is 1. The lowest BCUT2D eigenvalue weighted by molar-refractivity contribution is -0.130. The molecule has 238 valence electrons. The number of aryl methyl sites for hydroxylation is 2. The maximum atomic E-state index is 13.7. The molecule has 2 aliphatic heterocycles. The molecular weight excluding hydrogens is 566 g/mol. The Hall–Kier alpha value is -3.92. The number of hydrogen-bond acceptors (Lipinski definition) is 6. The van der Waals surface area contributed by atoms with Crippen LogP contribution in [0.1, 0.15) is 81.4 Å². The minimum atomic E-state index is -0.414. The Morgan fingerprint density at radius 1 is 1.09 bits per heavy atom. The first-order valence-corrected chi connectivity index (χ1v) is 16.5. The van der Waals surface area contributed by atoms with Crippen LogP contribution < -0.4 is 15.8 Å². The maximum absolute atomic E-state index is 13.7. The minimum absolute atomic E-state index is 0.0215. The number of rotatable bonds is 3. The number of benzene rings is 1. The first-order chi connectivity index (χ1) is 21.6. The predicted molar refractivity (Wildman–Crippen MR) is 175 cm³/mol. The molecule has 1 saturated carbocycles. The molecule has 45 heavy (non-hydrogen) atoms. The molecule has 4 aromatic rings. The number of aromatic nitrogens is 4. The van der Waals surface area contributed by atoms with Gasteiger partial charge in [0.25, 0.3) is 5.91 Å². The molecule has 1 aliphatic carbocycles. The van der Waals surface area contributed by atoms with Gasteiger partial charge in [-0.1, -0.05) is 33.1 Å². The number of carbonyl (C=O) groups is 2. The van der Waals surface area contributed by atoms with Crippen molar-refractivity contribution in [3.05, 3.63) is 41.6 Å². The Bertz CT molecular complexity index is 1800. The average Bonchev–Trinajstić information content (AvgIpc) is 3.63. The van der Waals surface area contributed by atoms with Crippen molar-refractivity contribution in [2.45, 2.75) is 77.9 Å². The molecule has 3 aromatic heterocycles. The third-order valence-corrected chi connectivity index (χ3v) is 10.4. The number of methoxy groups -OCH3 is 1. The molecule has 7 rings (SSSR count). The third-order valence-electron chi connectivity index (χ3n) is 10.4. The second kappa shape index (κ2) is 11.2. The van der Waals surface area contributed by atoms with Crippen molar-refractivity contribution in [3.8, 4) is 17.3 Å². The van der Waals surface area contributed by atoms with Gasteiger partial charge in [0.2, 0.25) is 5.91 Å². The van der Waals surface area contributed by atoms with Crippen molar-refractivity contribution in [2.75, 3.05) is 20.2 Å². The largest absolute Gasteiger partial charge is 0.494 e. The van der Waals surface area contributed by atoms with E-state index in [1.54, 1.807) is 7.11 Å². The molecule has 1 saturated heterocycles. The number of pyridine rings is 1. The highest BCUT2D eigenvalue weighted by Gasteiger charge is 2.47. The summed E-state index contributed by atoms with van der Waals surface area (Å²) in [5.74, 6) is 2.54. The van der Waals surface area contributed by atoms with E-state index < -0.39 is 5.41 Å². The van der Waals surface area contributed by atoms with Gasteiger partial charge in [-0.3, -0.25) is 9.59 Å². The maximum Gasteiger partial charge on any atom is 0.254 e. The molecule has 1 aromatic carbocycles. The van der Waals surface area contributed by atoms with E-state index in [9.17, 15) is 9.59 Å². The van der Waals surface area contributed by atoms with Crippen molar-refractivity contribution in [1.29, 1.82) is 0 Å². The van der Waals surface area contributed by atoms with Crippen LogP contribution in [0.2, 0.25) is 0 Å². The van der Waals surface area contributed by atoms with Crippen molar-refractivity contribution in [3.63, 3.8) is 0 Å². The highest BCUT2D eigenvalue weighted by molar-refractivity contribution is 6.00. The molecule has 2 amide bonds. The molecule has 4 atom stereocenters. The Kier molecular flexibility index (Phi) is 7.38. The van der Waals surface area contributed by atoms with E-state index in [0.29, 0.717) is 35.2 Å². The number of piperidine rings is 1. The number of nitrogens with two attached hydrogens (primary N) is 1. The molecule has 5 heterocycles. The van der Waals surface area contributed by atoms with Gasteiger partial charge in [0.05, 0.1) is 30.1 Å². The zero-order valence-electron chi connectivity index (χ0n) is 27.1. The summed E-state index contributed by atoms with van der Waals surface area (Å²) >= 11 is 0. The second-order valence-electron chi connectivity index (χ2n) is 14.1. The number of amides is 2. The standard InChI is InChI=1S/C35H45N7O3/c1-20-26-11-10-21-16-28(42(31(21)38-26)13-9-7-6-8-12-35(2,3)34(44)37-20)32-39-27-15-22(17-29(45-5)30(27)40(32)4)33(43)41-18-23-14-24(23)25(36)19-41/h10-11,15-17,20,23-25H,6-9,12-14,18-19,36H2,1-5H3,(H,37,44)/t20-,23-,24-,25-/m1/s1. The van der Waals surface area contributed by atoms with E-state index in [1.165, 1.54) is 0 Å². The lowest BCUT2D eigenvalue weighted by atomic mass is 9.85. The van der Waals surface area contributed by atoms with Crippen LogP contribution in [-0.2, 0) is 18.4 Å². The molecule has 2 fully saturated rings. The lowest BCUT2D eigenvalue weighted by Gasteiger charge is -2.30. The van der Waals surface area contributed by atoms with Gasteiger partial charge in [-0.2, -0.15) is 0 Å². The Balaban J connectivity index is 1.29. The van der Waals surface area contributed by atoms with E-state index in [2.05, 4.69) is 26.6 Å². The van der Waals surface area contributed by atoms with Crippen LogP contribution in [0.5, 0.6) is 5.75 Å². The van der Waals surface area contributed by atoms with Crippen LogP contribution in [-0.4, -0.2) is 62.1 Å². The van der Waals surface area contributed by atoms with Crippen molar-refractivity contribution < 1.29 is 14.3 Å². The van der Waals surface area contributed by atoms with Crippen molar-refractivity contribution >= 4 is 33.9 Å². The molecule has 3 N–H and O–H groups in total. The fraction of sp³-hybridized carbons (Fsp3) is 0.543. The van der Waals surface area contributed by atoms with Crippen molar-refractivity contribution in [1.82, 2.24) is 29.3 Å². The first-order valence-electron chi connectivity index (χ1n) is 16.5. The van der Waals surface area contributed by atoms with E-state index in [0.717, 1.165) is 85.4 Å². The quantitative estimate of drug-likeness (QED) is 0.329. The van der Waals surface area contributed by atoms with E-state index in [-0.39, 0.29) is 23.9 Å². The molecule has 0 spiro atoms. The van der Waals surface area contributed by atoms with Crippen LogP contribution in [0.4, 0.5) is 0 Å². The molecular formula is C35H45N7O3. The summed E-state index contributed by atoms with van der Waals surface area (Å²) in [6.07, 6.45) is 6.13. The zero-order valence-corrected chi connectivity index (χ0v) is 27.1. The summed E-state index contributed by atoms with van der Waals surface area (Å²) in [6.45, 7) is 8.22. The molecule has 10 nitrogen and oxygen atoms in total. The molecule has 3 aliphatic rings. The third kappa shape index (κ3) is 5.26. The summed E-state index contributed by atoms with van der Waals surface area (Å²) < 4.78 is 10.2. The van der Waals surface area contributed by atoms with Crippen LogP contribution in [0.15, 0.2) is 30.3 Å². The number of nitrogens with one attached hydrogen (secondary N) is 1. The summed E-state index contributed by atoms with van der Waals surface area (Å²) in [5, 5.41) is 4.23. The molecule has 0 unspecified atom stereocenters. The number of hydrogen-bond donors (Lipinski definition) is 2. The zero-order chi connectivity index (χ0) is 31.6. The molecule has 2 bridgehead atoms. The number of likely N-dealkylation sites (tertiary alicyclic amines) is 1. The number of carbonyl (C=O) groups excluding carboxylic acids is 2. The van der Waals surface area contributed by atoms with Crippen LogP contribution in [0, 0.1) is 17.3 Å². The number of ether oxygens (including phenoxy) is 1.